The van der Waals surface area contributed by atoms with Crippen molar-refractivity contribution in [3.8, 4) is 0 Å². The van der Waals surface area contributed by atoms with Gasteiger partial charge in [-0.3, -0.25) is 19.3 Å². The van der Waals surface area contributed by atoms with E-state index in [0.29, 0.717) is 10.7 Å². The van der Waals surface area contributed by atoms with E-state index in [9.17, 15) is 14.4 Å². The van der Waals surface area contributed by atoms with Gasteiger partial charge in [0.05, 0.1) is 12.8 Å². The molecule has 7 nitrogen and oxygen atoms in total. The Morgan fingerprint density at radius 1 is 0.972 bits per heavy atom. The standard InChI is InChI=1S/C28H27N3O4S/c1-18-8-10-20(11-9-18)29-24-25(28(34)31(27(24)33)17-22-7-4-16-35-22)36-23-14-12-21(13-15-23)30-26(32)19-5-2-3-6-19/h4,7-16,19,29H,2-3,5-6,17H2,1H3,(H,30,32). The van der Waals surface area contributed by atoms with E-state index < -0.39 is 5.91 Å². The molecule has 0 unspecified atom stereocenters. The fourth-order valence-electron chi connectivity index (χ4n) is 4.40. The van der Waals surface area contributed by atoms with E-state index in [1.54, 1.807) is 12.1 Å². The van der Waals surface area contributed by atoms with Crippen molar-refractivity contribution in [2.24, 2.45) is 5.92 Å². The van der Waals surface area contributed by atoms with E-state index in [-0.39, 0.29) is 30.0 Å². The first-order chi connectivity index (χ1) is 17.5. The third kappa shape index (κ3) is 5.23. The Morgan fingerprint density at radius 2 is 1.67 bits per heavy atom. The molecule has 8 heteroatoms. The largest absolute Gasteiger partial charge is 0.467 e. The van der Waals surface area contributed by atoms with Crippen LogP contribution in [0.3, 0.4) is 0 Å². The summed E-state index contributed by atoms with van der Waals surface area (Å²) in [6.45, 7) is 2.04. The minimum absolute atomic E-state index is 0.0555. The number of nitrogens with zero attached hydrogens (tertiary/aromatic N) is 1. The van der Waals surface area contributed by atoms with Gasteiger partial charge in [-0.05, 0) is 68.3 Å². The fourth-order valence-corrected chi connectivity index (χ4v) is 5.34. The maximum atomic E-state index is 13.3. The fraction of sp³-hybridized carbons (Fsp3) is 0.250. The number of hydrogen-bond acceptors (Lipinski definition) is 6. The van der Waals surface area contributed by atoms with Crippen LogP contribution in [0.4, 0.5) is 11.4 Å². The Hall–Kier alpha value is -3.78. The van der Waals surface area contributed by atoms with Crippen molar-refractivity contribution < 1.29 is 18.8 Å². The van der Waals surface area contributed by atoms with E-state index in [1.807, 2.05) is 55.5 Å². The van der Waals surface area contributed by atoms with Gasteiger partial charge in [-0.2, -0.15) is 0 Å². The van der Waals surface area contributed by atoms with Gasteiger partial charge in [0.2, 0.25) is 5.91 Å². The van der Waals surface area contributed by atoms with Gasteiger partial charge in [0.1, 0.15) is 16.4 Å². The monoisotopic (exact) mass is 501 g/mol. The summed E-state index contributed by atoms with van der Waals surface area (Å²) in [5.74, 6) is -0.109. The molecule has 2 aliphatic rings. The van der Waals surface area contributed by atoms with Crippen LogP contribution in [0.2, 0.25) is 0 Å². The summed E-state index contributed by atoms with van der Waals surface area (Å²) >= 11 is 1.22. The Balaban J connectivity index is 1.36. The number of hydrogen-bond donors (Lipinski definition) is 2. The van der Waals surface area contributed by atoms with Crippen molar-refractivity contribution in [3.05, 3.63) is 88.9 Å². The molecular weight excluding hydrogens is 474 g/mol. The Kier molecular flexibility index (Phi) is 6.95. The van der Waals surface area contributed by atoms with Crippen LogP contribution in [-0.2, 0) is 20.9 Å². The molecule has 2 N–H and O–H groups in total. The molecular formula is C28H27N3O4S. The molecule has 1 aliphatic carbocycles. The molecule has 0 saturated heterocycles. The average molecular weight is 502 g/mol. The summed E-state index contributed by atoms with van der Waals surface area (Å²) in [6.07, 6.45) is 5.60. The van der Waals surface area contributed by atoms with Crippen molar-refractivity contribution in [1.82, 2.24) is 4.90 Å². The van der Waals surface area contributed by atoms with Crippen LogP contribution in [-0.4, -0.2) is 22.6 Å². The van der Waals surface area contributed by atoms with E-state index in [2.05, 4.69) is 10.6 Å². The molecule has 5 rings (SSSR count). The first-order valence-corrected chi connectivity index (χ1v) is 12.8. The second-order valence-corrected chi connectivity index (χ2v) is 10.2. The Bertz CT molecular complexity index is 1290. The molecule has 1 saturated carbocycles. The summed E-state index contributed by atoms with van der Waals surface area (Å²) in [6, 6.07) is 18.4. The molecule has 1 aromatic heterocycles. The highest BCUT2D eigenvalue weighted by Gasteiger charge is 2.39. The lowest BCUT2D eigenvalue weighted by Gasteiger charge is -2.13. The highest BCUT2D eigenvalue weighted by Crippen LogP contribution is 2.37. The van der Waals surface area contributed by atoms with Crippen LogP contribution in [0, 0.1) is 12.8 Å². The SMILES string of the molecule is Cc1ccc(NC2=C(Sc3ccc(NC(=O)C4CCCC4)cc3)C(=O)N(Cc3ccco3)C2=O)cc1. The minimum atomic E-state index is -0.403. The van der Waals surface area contributed by atoms with Gasteiger partial charge in [0.25, 0.3) is 11.8 Å². The van der Waals surface area contributed by atoms with E-state index in [1.165, 1.54) is 22.9 Å². The van der Waals surface area contributed by atoms with Crippen molar-refractivity contribution in [3.63, 3.8) is 0 Å². The molecule has 0 radical (unpaired) electrons. The first kappa shape index (κ1) is 23.9. The lowest BCUT2D eigenvalue weighted by molar-refractivity contribution is -0.138. The van der Waals surface area contributed by atoms with Crippen molar-refractivity contribution >= 4 is 40.9 Å². The summed E-state index contributed by atoms with van der Waals surface area (Å²) in [5, 5.41) is 6.14. The number of carbonyl (C=O) groups is 3. The van der Waals surface area contributed by atoms with Crippen molar-refractivity contribution in [2.45, 2.75) is 44.0 Å². The third-order valence-corrected chi connectivity index (χ3v) is 7.50. The predicted octanol–water partition coefficient (Wildman–Crippen LogP) is 5.70. The first-order valence-electron chi connectivity index (χ1n) is 12.0. The number of carbonyl (C=O) groups excluding carboxylic acids is 3. The lowest BCUT2D eigenvalue weighted by atomic mass is 10.1. The number of nitrogens with one attached hydrogen (secondary N) is 2. The van der Waals surface area contributed by atoms with Gasteiger partial charge in [0, 0.05) is 22.2 Å². The Labute approximate surface area is 213 Å². The molecule has 0 bridgehead atoms. The molecule has 2 heterocycles. The molecule has 0 atom stereocenters. The van der Waals surface area contributed by atoms with Crippen LogP contribution in [0.5, 0.6) is 0 Å². The number of rotatable bonds is 8. The van der Waals surface area contributed by atoms with Crippen molar-refractivity contribution in [1.29, 1.82) is 0 Å². The second kappa shape index (κ2) is 10.5. The van der Waals surface area contributed by atoms with Crippen molar-refractivity contribution in [2.75, 3.05) is 10.6 Å². The smallest absolute Gasteiger partial charge is 0.278 e. The van der Waals surface area contributed by atoms with Gasteiger partial charge < -0.3 is 15.1 Å². The van der Waals surface area contributed by atoms with Crippen LogP contribution in [0.25, 0.3) is 0 Å². The number of amides is 3. The number of anilines is 2. The summed E-state index contributed by atoms with van der Waals surface area (Å²) in [4.78, 5) is 41.4. The van der Waals surface area contributed by atoms with Crippen LogP contribution >= 0.6 is 11.8 Å². The zero-order valence-electron chi connectivity index (χ0n) is 20.0. The van der Waals surface area contributed by atoms with E-state index in [4.69, 9.17) is 4.42 Å². The predicted molar refractivity (Wildman–Crippen MR) is 139 cm³/mol. The molecule has 36 heavy (non-hydrogen) atoms. The summed E-state index contributed by atoms with van der Waals surface area (Å²) in [7, 11) is 0. The summed E-state index contributed by atoms with van der Waals surface area (Å²) < 4.78 is 5.37. The second-order valence-electron chi connectivity index (χ2n) is 9.07. The van der Waals surface area contributed by atoms with Gasteiger partial charge >= 0.3 is 0 Å². The van der Waals surface area contributed by atoms with Crippen LogP contribution in [0.15, 0.2) is 86.8 Å². The molecule has 1 fully saturated rings. The zero-order chi connectivity index (χ0) is 25.1. The number of benzene rings is 2. The van der Waals surface area contributed by atoms with E-state index >= 15 is 0 Å². The highest BCUT2D eigenvalue weighted by atomic mass is 32.2. The van der Waals surface area contributed by atoms with Gasteiger partial charge in [-0.15, -0.1) is 0 Å². The maximum Gasteiger partial charge on any atom is 0.278 e. The number of thioether (sulfide) groups is 1. The summed E-state index contributed by atoms with van der Waals surface area (Å²) in [5.41, 5.74) is 2.77. The lowest BCUT2D eigenvalue weighted by Crippen LogP contribution is -2.31. The van der Waals surface area contributed by atoms with Gasteiger partial charge in [-0.1, -0.05) is 42.3 Å². The average Bonchev–Trinajstić information content (AvgIpc) is 3.64. The molecule has 3 amide bonds. The number of furan rings is 1. The molecule has 2 aromatic carbocycles. The highest BCUT2D eigenvalue weighted by molar-refractivity contribution is 8.04. The number of imide groups is 1. The molecule has 1 aliphatic heterocycles. The van der Waals surface area contributed by atoms with Gasteiger partial charge in [0.15, 0.2) is 0 Å². The van der Waals surface area contributed by atoms with Crippen LogP contribution < -0.4 is 10.6 Å². The zero-order valence-corrected chi connectivity index (χ0v) is 20.8. The maximum absolute atomic E-state index is 13.3. The Morgan fingerprint density at radius 3 is 2.33 bits per heavy atom. The quantitative estimate of drug-likeness (QED) is 0.385. The normalized spacial score (nSPS) is 16.2. The third-order valence-electron chi connectivity index (χ3n) is 6.41. The topological polar surface area (TPSA) is 91.7 Å². The van der Waals surface area contributed by atoms with Gasteiger partial charge in [-0.25, -0.2) is 0 Å². The number of aryl methyl sites for hydroxylation is 1. The molecule has 0 spiro atoms. The minimum Gasteiger partial charge on any atom is -0.467 e. The molecule has 3 aromatic rings. The van der Waals surface area contributed by atoms with Crippen LogP contribution in [0.1, 0.15) is 37.0 Å². The van der Waals surface area contributed by atoms with E-state index in [0.717, 1.165) is 47.5 Å². The molecule has 184 valence electrons.